The Morgan fingerprint density at radius 3 is 2.45 bits per heavy atom. The van der Waals surface area contributed by atoms with Gasteiger partial charge < -0.3 is 14.5 Å². The molecule has 1 N–H and O–H groups in total. The molecule has 0 aliphatic heterocycles. The molecule has 186 valence electrons. The van der Waals surface area contributed by atoms with Crippen LogP contribution >= 0.6 is 0 Å². The second-order valence-corrected chi connectivity index (χ2v) is 9.06. The highest BCUT2D eigenvalue weighted by Gasteiger charge is 2.16. The van der Waals surface area contributed by atoms with E-state index in [1.165, 1.54) is 0 Å². The Morgan fingerprint density at radius 2 is 1.63 bits per heavy atom. The lowest BCUT2D eigenvalue weighted by Crippen LogP contribution is -2.25. The Bertz CT molecular complexity index is 1750. The molecule has 0 saturated carbocycles. The van der Waals surface area contributed by atoms with Crippen LogP contribution in [0.5, 0.6) is 0 Å². The number of aryl methyl sites for hydroxylation is 1. The summed E-state index contributed by atoms with van der Waals surface area (Å²) in [6.07, 6.45) is 8.38. The summed E-state index contributed by atoms with van der Waals surface area (Å²) in [6, 6.07) is 25.5. The van der Waals surface area contributed by atoms with E-state index in [0.717, 1.165) is 52.0 Å². The highest BCUT2D eigenvalue weighted by Crippen LogP contribution is 2.32. The van der Waals surface area contributed by atoms with E-state index in [0.29, 0.717) is 17.6 Å². The van der Waals surface area contributed by atoms with Crippen molar-refractivity contribution in [1.82, 2.24) is 29.4 Å². The van der Waals surface area contributed by atoms with Gasteiger partial charge >= 0.3 is 0 Å². The third-order valence-electron chi connectivity index (χ3n) is 6.56. The van der Waals surface area contributed by atoms with Crippen molar-refractivity contribution >= 4 is 34.2 Å². The first-order valence-corrected chi connectivity index (χ1v) is 12.6. The van der Waals surface area contributed by atoms with Gasteiger partial charge in [-0.15, -0.1) is 0 Å². The zero-order valence-electron chi connectivity index (χ0n) is 20.8. The summed E-state index contributed by atoms with van der Waals surface area (Å²) in [5, 5.41) is 3.02. The molecule has 0 unspecified atom stereocenters. The molecule has 3 heterocycles. The van der Waals surface area contributed by atoms with Crippen LogP contribution in [-0.4, -0.2) is 36.5 Å². The van der Waals surface area contributed by atoms with Crippen molar-refractivity contribution in [2.75, 3.05) is 6.54 Å². The zero-order chi connectivity index (χ0) is 25.9. The van der Waals surface area contributed by atoms with Gasteiger partial charge in [0.2, 0.25) is 0 Å². The van der Waals surface area contributed by atoms with Gasteiger partial charge in [-0.3, -0.25) is 4.79 Å². The Labute approximate surface area is 220 Å². The highest BCUT2D eigenvalue weighted by molar-refractivity contribution is 5.98. The third-order valence-corrected chi connectivity index (χ3v) is 6.56. The van der Waals surface area contributed by atoms with Crippen molar-refractivity contribution < 1.29 is 4.79 Å². The number of nitrogens with one attached hydrogen (secondary N) is 1. The minimum atomic E-state index is -0.116. The molecule has 0 spiro atoms. The van der Waals surface area contributed by atoms with Crippen LogP contribution < -0.4 is 5.32 Å². The number of rotatable bonds is 8. The lowest BCUT2D eigenvalue weighted by Gasteiger charge is -2.12. The first-order valence-electron chi connectivity index (χ1n) is 12.6. The highest BCUT2D eigenvalue weighted by atomic mass is 16.1. The molecule has 0 radical (unpaired) electrons. The van der Waals surface area contributed by atoms with E-state index in [-0.39, 0.29) is 5.91 Å². The summed E-state index contributed by atoms with van der Waals surface area (Å²) in [4.78, 5) is 27.4. The number of imidazole rings is 1. The van der Waals surface area contributed by atoms with Gasteiger partial charge in [0.1, 0.15) is 0 Å². The quantitative estimate of drug-likeness (QED) is 0.260. The van der Waals surface area contributed by atoms with E-state index in [1.54, 1.807) is 18.6 Å². The molecule has 7 heteroatoms. The number of aromatic nitrogens is 5. The van der Waals surface area contributed by atoms with Crippen molar-refractivity contribution in [3.05, 3.63) is 110 Å². The summed E-state index contributed by atoms with van der Waals surface area (Å²) in [6.45, 7) is 5.30. The van der Waals surface area contributed by atoms with Crippen molar-refractivity contribution in [2.45, 2.75) is 13.0 Å². The van der Waals surface area contributed by atoms with Crippen molar-refractivity contribution in [2.24, 2.45) is 0 Å². The van der Waals surface area contributed by atoms with Crippen LogP contribution in [0.4, 0.5) is 0 Å². The second kappa shape index (κ2) is 10.1. The number of hydrogen-bond acceptors (Lipinski definition) is 4. The Balaban J connectivity index is 1.34. The Morgan fingerprint density at radius 1 is 0.842 bits per heavy atom. The number of fused-ring (bicyclic) bond motifs is 2. The fourth-order valence-electron chi connectivity index (χ4n) is 4.60. The minimum Gasteiger partial charge on any atom is -0.354 e. The maximum absolute atomic E-state index is 12.9. The number of benzene rings is 3. The first kappa shape index (κ1) is 23.4. The topological polar surface area (TPSA) is 77.6 Å². The van der Waals surface area contributed by atoms with Crippen LogP contribution in [0, 0.1) is 0 Å². The van der Waals surface area contributed by atoms with E-state index in [9.17, 15) is 4.79 Å². The van der Waals surface area contributed by atoms with Crippen LogP contribution in [0.3, 0.4) is 0 Å². The van der Waals surface area contributed by atoms with Gasteiger partial charge in [-0.2, -0.15) is 0 Å². The van der Waals surface area contributed by atoms with Crippen LogP contribution in [-0.2, 0) is 6.54 Å². The summed E-state index contributed by atoms with van der Waals surface area (Å²) >= 11 is 0. The molecule has 0 bridgehead atoms. The number of carbonyl (C=O) groups is 1. The standard InChI is InChI=1S/C31H26N6O/c1-2-37-21-33-27-19-23(12-14-28(27)37)30-29(22-9-4-3-5-10-22)35-26-20-24(11-13-25(26)34-30)31(38)32-15-8-18-36-16-6-7-17-36/h2-7,9-14,16-17,19-21H,1,8,15,18H2,(H,32,38). The summed E-state index contributed by atoms with van der Waals surface area (Å²) in [7, 11) is 0. The van der Waals surface area contributed by atoms with E-state index >= 15 is 0 Å². The lowest BCUT2D eigenvalue weighted by atomic mass is 10.0. The molecule has 3 aromatic heterocycles. The molecular weight excluding hydrogens is 472 g/mol. The van der Waals surface area contributed by atoms with E-state index in [1.807, 2.05) is 89.8 Å². The van der Waals surface area contributed by atoms with Gasteiger partial charge in [-0.05, 0) is 48.9 Å². The molecular formula is C31H26N6O. The Kier molecular flexibility index (Phi) is 6.24. The molecule has 0 aliphatic carbocycles. The normalized spacial score (nSPS) is 11.2. The van der Waals surface area contributed by atoms with E-state index in [4.69, 9.17) is 9.97 Å². The second-order valence-electron chi connectivity index (χ2n) is 9.06. The third kappa shape index (κ3) is 4.57. The van der Waals surface area contributed by atoms with Gasteiger partial charge in [0.25, 0.3) is 5.91 Å². The molecule has 38 heavy (non-hydrogen) atoms. The number of carbonyl (C=O) groups excluding carboxylic acids is 1. The molecule has 0 saturated heterocycles. The molecule has 0 aliphatic rings. The van der Waals surface area contributed by atoms with Crippen LogP contribution in [0.2, 0.25) is 0 Å². The summed E-state index contributed by atoms with van der Waals surface area (Å²) in [5.41, 5.74) is 7.18. The van der Waals surface area contributed by atoms with E-state index < -0.39 is 0 Å². The monoisotopic (exact) mass is 498 g/mol. The molecule has 3 aromatic carbocycles. The Hall–Kier alpha value is -5.04. The van der Waals surface area contributed by atoms with Gasteiger partial charge in [-0.1, -0.05) is 43.0 Å². The number of hydrogen-bond donors (Lipinski definition) is 1. The SMILES string of the molecule is C=Cn1cnc2cc(-c3nc4ccc(C(=O)NCCCn5cccc5)cc4nc3-c3ccccc3)ccc21. The van der Waals surface area contributed by atoms with Gasteiger partial charge in [-0.25, -0.2) is 15.0 Å². The number of nitrogens with zero attached hydrogens (tertiary/aromatic N) is 5. The van der Waals surface area contributed by atoms with Gasteiger partial charge in [0.05, 0.1) is 39.8 Å². The average Bonchev–Trinajstić information content (AvgIpc) is 3.64. The first-order chi connectivity index (χ1) is 18.7. The minimum absolute atomic E-state index is 0.116. The molecule has 0 atom stereocenters. The largest absolute Gasteiger partial charge is 0.354 e. The smallest absolute Gasteiger partial charge is 0.251 e. The zero-order valence-corrected chi connectivity index (χ0v) is 20.8. The van der Waals surface area contributed by atoms with Crippen LogP contribution in [0.1, 0.15) is 16.8 Å². The van der Waals surface area contributed by atoms with Crippen LogP contribution in [0.15, 0.2) is 104 Å². The van der Waals surface area contributed by atoms with E-state index in [2.05, 4.69) is 21.4 Å². The molecule has 6 aromatic rings. The average molecular weight is 499 g/mol. The maximum atomic E-state index is 12.9. The summed E-state index contributed by atoms with van der Waals surface area (Å²) < 4.78 is 3.99. The maximum Gasteiger partial charge on any atom is 0.251 e. The lowest BCUT2D eigenvalue weighted by molar-refractivity contribution is 0.0953. The van der Waals surface area contributed by atoms with Crippen LogP contribution in [0.25, 0.3) is 50.8 Å². The predicted molar refractivity (Wildman–Crippen MR) is 151 cm³/mol. The van der Waals surface area contributed by atoms with Crippen molar-refractivity contribution in [3.8, 4) is 22.5 Å². The molecule has 7 nitrogen and oxygen atoms in total. The predicted octanol–water partition coefficient (Wildman–Crippen LogP) is 6.04. The summed E-state index contributed by atoms with van der Waals surface area (Å²) in [5.74, 6) is -0.116. The number of amides is 1. The van der Waals surface area contributed by atoms with Crippen molar-refractivity contribution in [1.29, 1.82) is 0 Å². The fourth-order valence-corrected chi connectivity index (χ4v) is 4.60. The fraction of sp³-hybridized carbons (Fsp3) is 0.0968. The molecule has 6 rings (SSSR count). The van der Waals surface area contributed by atoms with Gasteiger partial charge in [0, 0.05) is 48.4 Å². The van der Waals surface area contributed by atoms with Gasteiger partial charge in [0.15, 0.2) is 0 Å². The van der Waals surface area contributed by atoms with Crippen molar-refractivity contribution in [3.63, 3.8) is 0 Å². The molecule has 0 fully saturated rings. The molecule has 1 amide bonds.